The van der Waals surface area contributed by atoms with Gasteiger partial charge >= 0.3 is 0 Å². The van der Waals surface area contributed by atoms with Crippen molar-refractivity contribution in [2.24, 2.45) is 0 Å². The zero-order valence-electron chi connectivity index (χ0n) is 43.7. The van der Waals surface area contributed by atoms with Crippen molar-refractivity contribution in [1.82, 2.24) is 0 Å². The van der Waals surface area contributed by atoms with Gasteiger partial charge in [0.25, 0.3) is 0 Å². The maximum Gasteiger partial charge on any atom is 0.0465 e. The molecule has 10 aromatic rings. The molecule has 14 rings (SSSR count). The smallest absolute Gasteiger partial charge is 0.0465 e. The van der Waals surface area contributed by atoms with E-state index in [1.807, 2.05) is 0 Å². The standard InChI is InChI=1S/C72H60N2/c1-69(2)61-25-17-15-23-53(61)57-41-67-59(43-65(57)69)55-37-35-51(39-63(55)71(67,5)6)73(47-19-11-9-12-20-47)49-31-27-45(28-32-49)46-29-33-50(34-30-46)74(48-21-13-10-14-22-48)52-36-38-56-60-44-66-58(42-68(60)72(7,8)64(56)40-52)54-24-16-18-26-62(54)70(66,3)4/h9-44H,1-8H3. The van der Waals surface area contributed by atoms with E-state index >= 15 is 0 Å². The average molecular weight is 953 g/mol. The number of fused-ring (bicyclic) bond motifs is 12. The Morgan fingerprint density at radius 3 is 0.811 bits per heavy atom. The summed E-state index contributed by atoms with van der Waals surface area (Å²) in [6, 6.07) is 82.1. The number of hydrogen-bond acceptors (Lipinski definition) is 2. The van der Waals surface area contributed by atoms with Gasteiger partial charge in [-0.25, -0.2) is 0 Å². The van der Waals surface area contributed by atoms with Crippen LogP contribution in [0.15, 0.2) is 218 Å². The van der Waals surface area contributed by atoms with Crippen molar-refractivity contribution in [1.29, 1.82) is 0 Å². The van der Waals surface area contributed by atoms with Crippen molar-refractivity contribution in [2.45, 2.75) is 77.0 Å². The molecule has 0 bridgehead atoms. The second-order valence-corrected chi connectivity index (χ2v) is 23.4. The van der Waals surface area contributed by atoms with Gasteiger partial charge in [-0.1, -0.05) is 177 Å². The van der Waals surface area contributed by atoms with Crippen molar-refractivity contribution < 1.29 is 0 Å². The Bertz CT molecular complexity index is 3670. The predicted octanol–water partition coefficient (Wildman–Crippen LogP) is 19.5. The zero-order chi connectivity index (χ0) is 50.5. The molecule has 0 heterocycles. The highest BCUT2D eigenvalue weighted by Crippen LogP contribution is 2.59. The molecule has 0 saturated carbocycles. The lowest BCUT2D eigenvalue weighted by atomic mass is 9.79. The summed E-state index contributed by atoms with van der Waals surface area (Å²) in [5, 5.41) is 0. The summed E-state index contributed by atoms with van der Waals surface area (Å²) in [7, 11) is 0. The Balaban J connectivity index is 0.783. The summed E-state index contributed by atoms with van der Waals surface area (Å²) >= 11 is 0. The number of hydrogen-bond donors (Lipinski definition) is 0. The lowest BCUT2D eigenvalue weighted by molar-refractivity contribution is 0.652. The summed E-state index contributed by atoms with van der Waals surface area (Å²) in [4.78, 5) is 4.82. The van der Waals surface area contributed by atoms with Crippen LogP contribution in [0.4, 0.5) is 34.1 Å². The summed E-state index contributed by atoms with van der Waals surface area (Å²) < 4.78 is 0. The van der Waals surface area contributed by atoms with E-state index in [9.17, 15) is 0 Å². The third kappa shape index (κ3) is 6.30. The summed E-state index contributed by atoms with van der Waals surface area (Å²) in [5.74, 6) is 0. The van der Waals surface area contributed by atoms with Gasteiger partial charge in [-0.3, -0.25) is 0 Å². The van der Waals surface area contributed by atoms with Crippen LogP contribution in [-0.4, -0.2) is 0 Å². The molecule has 0 atom stereocenters. The molecule has 2 nitrogen and oxygen atoms in total. The minimum atomic E-state index is -0.166. The molecule has 0 unspecified atom stereocenters. The fourth-order valence-corrected chi connectivity index (χ4v) is 13.8. The van der Waals surface area contributed by atoms with E-state index in [4.69, 9.17) is 0 Å². The van der Waals surface area contributed by atoms with Crippen LogP contribution in [0.3, 0.4) is 0 Å². The minimum absolute atomic E-state index is 0.0450. The van der Waals surface area contributed by atoms with Crippen molar-refractivity contribution in [2.75, 3.05) is 9.80 Å². The number of anilines is 6. The lowest BCUT2D eigenvalue weighted by Crippen LogP contribution is -2.17. The zero-order valence-corrected chi connectivity index (χ0v) is 43.7. The van der Waals surface area contributed by atoms with E-state index in [-0.39, 0.29) is 21.7 Å². The Morgan fingerprint density at radius 1 is 0.203 bits per heavy atom. The summed E-state index contributed by atoms with van der Waals surface area (Å²) in [6.07, 6.45) is 0. The third-order valence-corrected chi connectivity index (χ3v) is 17.9. The van der Waals surface area contributed by atoms with Gasteiger partial charge in [0.1, 0.15) is 0 Å². The molecule has 4 aliphatic rings. The van der Waals surface area contributed by atoms with E-state index in [2.05, 4.69) is 284 Å². The Morgan fingerprint density at radius 2 is 0.459 bits per heavy atom. The van der Waals surface area contributed by atoms with Gasteiger partial charge < -0.3 is 9.80 Å². The second kappa shape index (κ2) is 15.7. The van der Waals surface area contributed by atoms with Gasteiger partial charge in [-0.05, 0) is 197 Å². The molecular weight excluding hydrogens is 893 g/mol. The van der Waals surface area contributed by atoms with Crippen molar-refractivity contribution in [3.63, 3.8) is 0 Å². The number of para-hydroxylation sites is 2. The molecule has 0 N–H and O–H groups in total. The molecule has 0 aromatic heterocycles. The van der Waals surface area contributed by atoms with Gasteiger partial charge in [0.15, 0.2) is 0 Å². The van der Waals surface area contributed by atoms with Crippen molar-refractivity contribution in [3.8, 4) is 55.6 Å². The first-order valence-corrected chi connectivity index (χ1v) is 26.5. The van der Waals surface area contributed by atoms with Crippen LogP contribution in [0.2, 0.25) is 0 Å². The molecule has 74 heavy (non-hydrogen) atoms. The second-order valence-electron chi connectivity index (χ2n) is 23.4. The quantitative estimate of drug-likeness (QED) is 0.157. The van der Waals surface area contributed by atoms with Gasteiger partial charge in [0.2, 0.25) is 0 Å². The third-order valence-electron chi connectivity index (χ3n) is 17.9. The molecule has 0 fully saturated rings. The molecule has 0 aliphatic heterocycles. The van der Waals surface area contributed by atoms with E-state index in [1.165, 1.54) is 100 Å². The maximum absolute atomic E-state index is 2.51. The summed E-state index contributed by atoms with van der Waals surface area (Å²) in [6.45, 7) is 19.1. The number of rotatable bonds is 7. The average Bonchev–Trinajstić information content (AvgIpc) is 4.00. The van der Waals surface area contributed by atoms with Gasteiger partial charge in [0, 0.05) is 55.8 Å². The Labute approximate surface area is 437 Å². The lowest BCUT2D eigenvalue weighted by Gasteiger charge is -2.28. The molecule has 4 aliphatic carbocycles. The minimum Gasteiger partial charge on any atom is -0.310 e. The van der Waals surface area contributed by atoms with Crippen LogP contribution in [0, 0.1) is 0 Å². The molecule has 0 saturated heterocycles. The molecule has 0 radical (unpaired) electrons. The van der Waals surface area contributed by atoms with E-state index in [0.717, 1.165) is 34.1 Å². The monoisotopic (exact) mass is 952 g/mol. The van der Waals surface area contributed by atoms with Crippen LogP contribution < -0.4 is 9.80 Å². The Kier molecular flexibility index (Phi) is 9.41. The first kappa shape index (κ1) is 44.5. The van der Waals surface area contributed by atoms with Crippen molar-refractivity contribution in [3.05, 3.63) is 263 Å². The molecule has 10 aromatic carbocycles. The van der Waals surface area contributed by atoms with Crippen LogP contribution in [0.25, 0.3) is 55.6 Å². The SMILES string of the molecule is CC1(C)c2ccccc2-c2cc3c(cc21)-c1ccc(N(c2ccccc2)c2ccc(-c4ccc(N(c5ccccc5)c5ccc6c(c5)C(C)(C)c5cc7c(cc5-6)C(C)(C)c5ccccc5-7)cc4)cc2)cc1C3(C)C. The van der Waals surface area contributed by atoms with E-state index in [0.29, 0.717) is 0 Å². The topological polar surface area (TPSA) is 6.48 Å². The fraction of sp³-hybridized carbons (Fsp3) is 0.167. The highest BCUT2D eigenvalue weighted by molar-refractivity contribution is 5.93. The largest absolute Gasteiger partial charge is 0.310 e. The fourth-order valence-electron chi connectivity index (χ4n) is 13.8. The molecule has 0 spiro atoms. The maximum atomic E-state index is 2.51. The molecule has 2 heteroatoms. The molecule has 358 valence electrons. The molecule has 0 amide bonds. The van der Waals surface area contributed by atoms with E-state index < -0.39 is 0 Å². The first-order valence-electron chi connectivity index (χ1n) is 26.5. The van der Waals surface area contributed by atoms with Gasteiger partial charge in [-0.2, -0.15) is 0 Å². The van der Waals surface area contributed by atoms with Crippen LogP contribution in [0.1, 0.15) is 99.9 Å². The predicted molar refractivity (Wildman–Crippen MR) is 312 cm³/mol. The first-order chi connectivity index (χ1) is 35.7. The molecular formula is C72H60N2. The van der Waals surface area contributed by atoms with E-state index in [1.54, 1.807) is 0 Å². The number of nitrogens with zero attached hydrogens (tertiary/aromatic N) is 2. The Hall–Kier alpha value is -8.20. The highest BCUT2D eigenvalue weighted by atomic mass is 15.1. The van der Waals surface area contributed by atoms with Crippen LogP contribution >= 0.6 is 0 Å². The van der Waals surface area contributed by atoms with Crippen LogP contribution in [0.5, 0.6) is 0 Å². The normalized spacial score (nSPS) is 15.7. The van der Waals surface area contributed by atoms with Gasteiger partial charge in [0.05, 0.1) is 0 Å². The summed E-state index contributed by atoms with van der Waals surface area (Å²) in [5.41, 5.74) is 30.9. The van der Waals surface area contributed by atoms with Crippen molar-refractivity contribution >= 4 is 34.1 Å². The van der Waals surface area contributed by atoms with Crippen LogP contribution in [-0.2, 0) is 21.7 Å². The highest BCUT2D eigenvalue weighted by Gasteiger charge is 2.44. The van der Waals surface area contributed by atoms with Gasteiger partial charge in [-0.15, -0.1) is 0 Å². The number of benzene rings is 10.